The van der Waals surface area contributed by atoms with Crippen molar-refractivity contribution in [3.63, 3.8) is 0 Å². The molecule has 1 aliphatic rings. The van der Waals surface area contributed by atoms with Crippen LogP contribution in [-0.2, 0) is 14.2 Å². The fourth-order valence-corrected chi connectivity index (χ4v) is 2.01. The number of aliphatic hydroxyl groups excluding tert-OH is 1. The molecule has 1 rings (SSSR count). The molecular formula is C12H24O4. The molecule has 1 unspecified atom stereocenters. The van der Waals surface area contributed by atoms with E-state index < -0.39 is 11.7 Å². The van der Waals surface area contributed by atoms with Gasteiger partial charge in [-0.25, -0.2) is 0 Å². The first-order chi connectivity index (χ1) is 7.60. The van der Waals surface area contributed by atoms with Gasteiger partial charge in [-0.15, -0.1) is 0 Å². The van der Waals surface area contributed by atoms with Crippen molar-refractivity contribution in [2.75, 3.05) is 26.4 Å². The molecule has 1 N–H and O–H groups in total. The summed E-state index contributed by atoms with van der Waals surface area (Å²) in [6.07, 6.45) is 1.04. The molecule has 1 aliphatic heterocycles. The van der Waals surface area contributed by atoms with Gasteiger partial charge in [-0.3, -0.25) is 0 Å². The molecular weight excluding hydrogens is 208 g/mol. The highest BCUT2D eigenvalue weighted by molar-refractivity contribution is 4.90. The van der Waals surface area contributed by atoms with Gasteiger partial charge < -0.3 is 19.3 Å². The summed E-state index contributed by atoms with van der Waals surface area (Å²) in [5, 5.41) is 10.2. The van der Waals surface area contributed by atoms with Crippen molar-refractivity contribution >= 4 is 0 Å². The van der Waals surface area contributed by atoms with Gasteiger partial charge in [-0.2, -0.15) is 0 Å². The molecule has 1 heterocycles. The first-order valence-electron chi connectivity index (χ1n) is 6.12. The molecule has 0 radical (unpaired) electrons. The predicted molar refractivity (Wildman–Crippen MR) is 61.5 cm³/mol. The zero-order valence-corrected chi connectivity index (χ0v) is 10.6. The first kappa shape index (κ1) is 13.9. The minimum Gasteiger partial charge on any atom is -0.388 e. The number of rotatable bonds is 6. The Morgan fingerprint density at radius 1 is 1.31 bits per heavy atom. The number of aliphatic hydroxyl groups is 1. The molecule has 0 aromatic carbocycles. The van der Waals surface area contributed by atoms with Gasteiger partial charge in [0.25, 0.3) is 0 Å². The van der Waals surface area contributed by atoms with Crippen LogP contribution in [-0.4, -0.2) is 49.3 Å². The van der Waals surface area contributed by atoms with Crippen LogP contribution in [0, 0.1) is 0 Å². The van der Waals surface area contributed by atoms with Crippen LogP contribution in [0.4, 0.5) is 0 Å². The standard InChI is InChI=1S/C12H24O4/c1-4-16-12(5-7-14-8-6-12)11(13)9-15-10(2)3/h10-11,13H,4-9H2,1-3H3. The minimum atomic E-state index is -0.571. The third kappa shape index (κ3) is 3.70. The SMILES string of the molecule is CCOC1(C(O)COC(C)C)CCOCC1. The zero-order chi connectivity index (χ0) is 12.0. The van der Waals surface area contributed by atoms with E-state index in [-0.39, 0.29) is 6.10 Å². The Balaban J connectivity index is 2.53. The summed E-state index contributed by atoms with van der Waals surface area (Å²) in [6, 6.07) is 0. The summed E-state index contributed by atoms with van der Waals surface area (Å²) in [4.78, 5) is 0. The van der Waals surface area contributed by atoms with Gasteiger partial charge in [0.15, 0.2) is 0 Å². The molecule has 0 aromatic rings. The van der Waals surface area contributed by atoms with E-state index in [1.807, 2.05) is 20.8 Å². The maximum atomic E-state index is 10.2. The van der Waals surface area contributed by atoms with Crippen LogP contribution in [0.15, 0.2) is 0 Å². The van der Waals surface area contributed by atoms with Gasteiger partial charge >= 0.3 is 0 Å². The topological polar surface area (TPSA) is 47.9 Å². The molecule has 4 nitrogen and oxygen atoms in total. The second-order valence-electron chi connectivity index (χ2n) is 4.51. The van der Waals surface area contributed by atoms with Crippen LogP contribution in [0.5, 0.6) is 0 Å². The van der Waals surface area contributed by atoms with Crippen LogP contribution in [0.3, 0.4) is 0 Å². The Hall–Kier alpha value is -0.160. The molecule has 0 bridgehead atoms. The summed E-state index contributed by atoms with van der Waals surface area (Å²) in [5.74, 6) is 0. The molecule has 1 atom stereocenters. The molecule has 0 saturated carbocycles. The fraction of sp³-hybridized carbons (Fsp3) is 1.00. The average molecular weight is 232 g/mol. The molecule has 0 spiro atoms. The van der Waals surface area contributed by atoms with E-state index in [2.05, 4.69) is 0 Å². The highest BCUT2D eigenvalue weighted by atomic mass is 16.5. The van der Waals surface area contributed by atoms with E-state index in [1.165, 1.54) is 0 Å². The smallest absolute Gasteiger partial charge is 0.106 e. The van der Waals surface area contributed by atoms with Crippen LogP contribution in [0.2, 0.25) is 0 Å². The maximum Gasteiger partial charge on any atom is 0.106 e. The van der Waals surface area contributed by atoms with E-state index in [0.717, 1.165) is 12.8 Å². The van der Waals surface area contributed by atoms with Crippen molar-refractivity contribution in [3.8, 4) is 0 Å². The van der Waals surface area contributed by atoms with E-state index in [9.17, 15) is 5.11 Å². The van der Waals surface area contributed by atoms with E-state index in [4.69, 9.17) is 14.2 Å². The molecule has 0 amide bonds. The largest absolute Gasteiger partial charge is 0.388 e. The molecule has 1 fully saturated rings. The lowest BCUT2D eigenvalue weighted by Gasteiger charge is -2.40. The van der Waals surface area contributed by atoms with Crippen molar-refractivity contribution in [2.24, 2.45) is 0 Å². The zero-order valence-electron chi connectivity index (χ0n) is 10.6. The first-order valence-corrected chi connectivity index (χ1v) is 6.12. The molecule has 16 heavy (non-hydrogen) atoms. The maximum absolute atomic E-state index is 10.2. The minimum absolute atomic E-state index is 0.133. The van der Waals surface area contributed by atoms with Crippen LogP contribution in [0.25, 0.3) is 0 Å². The number of ether oxygens (including phenoxy) is 3. The summed E-state index contributed by atoms with van der Waals surface area (Å²) in [5.41, 5.74) is -0.470. The molecule has 4 heteroatoms. The van der Waals surface area contributed by atoms with Crippen LogP contribution in [0.1, 0.15) is 33.6 Å². The summed E-state index contributed by atoms with van der Waals surface area (Å²) < 4.78 is 16.5. The van der Waals surface area contributed by atoms with Crippen molar-refractivity contribution < 1.29 is 19.3 Å². The lowest BCUT2D eigenvalue weighted by atomic mass is 9.88. The molecule has 0 aliphatic carbocycles. The monoisotopic (exact) mass is 232 g/mol. The van der Waals surface area contributed by atoms with Gasteiger partial charge in [-0.1, -0.05) is 0 Å². The second-order valence-corrected chi connectivity index (χ2v) is 4.51. The van der Waals surface area contributed by atoms with Gasteiger partial charge in [0, 0.05) is 32.7 Å². The van der Waals surface area contributed by atoms with Crippen molar-refractivity contribution in [1.82, 2.24) is 0 Å². The Labute approximate surface area is 97.9 Å². The molecule has 96 valence electrons. The van der Waals surface area contributed by atoms with E-state index >= 15 is 0 Å². The van der Waals surface area contributed by atoms with Crippen molar-refractivity contribution in [1.29, 1.82) is 0 Å². The Morgan fingerprint density at radius 3 is 2.44 bits per heavy atom. The number of hydrogen-bond acceptors (Lipinski definition) is 4. The molecule has 1 saturated heterocycles. The van der Waals surface area contributed by atoms with E-state index in [0.29, 0.717) is 26.4 Å². The lowest BCUT2D eigenvalue weighted by molar-refractivity contribution is -0.182. The Bertz CT molecular complexity index is 182. The number of hydrogen-bond donors (Lipinski definition) is 1. The average Bonchev–Trinajstić information content (AvgIpc) is 2.27. The van der Waals surface area contributed by atoms with Gasteiger partial charge in [-0.05, 0) is 20.8 Å². The van der Waals surface area contributed by atoms with Gasteiger partial charge in [0.1, 0.15) is 11.7 Å². The predicted octanol–water partition coefficient (Wildman–Crippen LogP) is 1.36. The fourth-order valence-electron chi connectivity index (χ4n) is 2.01. The lowest BCUT2D eigenvalue weighted by Crippen LogP contribution is -2.51. The summed E-state index contributed by atoms with van der Waals surface area (Å²) >= 11 is 0. The Kier molecular flexibility index (Phi) is 5.69. The van der Waals surface area contributed by atoms with Gasteiger partial charge in [0.2, 0.25) is 0 Å². The highest BCUT2D eigenvalue weighted by Gasteiger charge is 2.40. The molecule has 0 aromatic heterocycles. The second kappa shape index (κ2) is 6.55. The summed E-state index contributed by atoms with van der Waals surface area (Å²) in [7, 11) is 0. The van der Waals surface area contributed by atoms with Gasteiger partial charge in [0.05, 0.1) is 12.7 Å². The van der Waals surface area contributed by atoms with Crippen LogP contribution >= 0.6 is 0 Å². The van der Waals surface area contributed by atoms with Crippen molar-refractivity contribution in [3.05, 3.63) is 0 Å². The van der Waals surface area contributed by atoms with Crippen molar-refractivity contribution in [2.45, 2.75) is 51.4 Å². The third-order valence-electron chi connectivity index (χ3n) is 2.97. The van der Waals surface area contributed by atoms with E-state index in [1.54, 1.807) is 0 Å². The Morgan fingerprint density at radius 2 is 1.94 bits per heavy atom. The van der Waals surface area contributed by atoms with Crippen LogP contribution < -0.4 is 0 Å². The third-order valence-corrected chi connectivity index (χ3v) is 2.97. The summed E-state index contributed by atoms with van der Waals surface area (Å²) in [6.45, 7) is 8.12. The normalized spacial score (nSPS) is 22.3. The quantitative estimate of drug-likeness (QED) is 0.751. The highest BCUT2D eigenvalue weighted by Crippen LogP contribution is 2.29.